The summed E-state index contributed by atoms with van der Waals surface area (Å²) in [5, 5.41) is 0.644. The molecule has 0 bridgehead atoms. The van der Waals surface area contributed by atoms with Gasteiger partial charge in [0.05, 0.1) is 0 Å². The quantitative estimate of drug-likeness (QED) is 0.893. The summed E-state index contributed by atoms with van der Waals surface area (Å²) in [6, 6.07) is 13.3. The molecule has 0 fully saturated rings. The fourth-order valence-corrected chi connectivity index (χ4v) is 1.74. The Kier molecular flexibility index (Phi) is 3.67. The van der Waals surface area contributed by atoms with Gasteiger partial charge in [-0.15, -0.1) is 0 Å². The van der Waals surface area contributed by atoms with Crippen LogP contribution in [0.5, 0.6) is 11.5 Å². The lowest BCUT2D eigenvalue weighted by atomic mass is 10.2. The summed E-state index contributed by atoms with van der Waals surface area (Å²) in [7, 11) is 0. The van der Waals surface area contributed by atoms with Crippen molar-refractivity contribution in [3.63, 3.8) is 0 Å². The summed E-state index contributed by atoms with van der Waals surface area (Å²) in [4.78, 5) is 0. The van der Waals surface area contributed by atoms with Crippen molar-refractivity contribution in [2.45, 2.75) is 13.5 Å². The minimum atomic E-state index is 0.429. The molecule has 2 rings (SSSR count). The first-order chi connectivity index (χ1) is 8.20. The van der Waals surface area contributed by atoms with Crippen LogP contribution in [-0.2, 0) is 6.54 Å². The molecule has 0 spiro atoms. The van der Waals surface area contributed by atoms with Crippen LogP contribution in [0.2, 0.25) is 5.02 Å². The molecule has 0 aromatic heterocycles. The van der Waals surface area contributed by atoms with Crippen LogP contribution >= 0.6 is 11.6 Å². The Morgan fingerprint density at radius 2 is 1.88 bits per heavy atom. The topological polar surface area (TPSA) is 35.2 Å². The fourth-order valence-electron chi connectivity index (χ4n) is 1.58. The molecule has 0 heterocycles. The van der Waals surface area contributed by atoms with Gasteiger partial charge in [-0.2, -0.15) is 0 Å². The Morgan fingerprint density at radius 3 is 2.59 bits per heavy atom. The zero-order valence-electron chi connectivity index (χ0n) is 9.61. The summed E-state index contributed by atoms with van der Waals surface area (Å²) in [5.41, 5.74) is 7.69. The number of rotatable bonds is 3. The van der Waals surface area contributed by atoms with E-state index in [1.165, 1.54) is 0 Å². The van der Waals surface area contributed by atoms with Gasteiger partial charge in [0.1, 0.15) is 11.5 Å². The molecule has 88 valence electrons. The first kappa shape index (κ1) is 12.0. The van der Waals surface area contributed by atoms with Crippen LogP contribution in [0.1, 0.15) is 11.1 Å². The third-order valence-electron chi connectivity index (χ3n) is 2.56. The maximum atomic E-state index is 5.96. The molecule has 17 heavy (non-hydrogen) atoms. The van der Waals surface area contributed by atoms with Crippen LogP contribution in [0.3, 0.4) is 0 Å². The van der Waals surface area contributed by atoms with Crippen molar-refractivity contribution in [1.29, 1.82) is 0 Å². The Labute approximate surface area is 106 Å². The molecule has 0 aliphatic carbocycles. The maximum absolute atomic E-state index is 5.96. The van der Waals surface area contributed by atoms with Crippen molar-refractivity contribution in [1.82, 2.24) is 0 Å². The van der Waals surface area contributed by atoms with Crippen LogP contribution in [0, 0.1) is 6.92 Å². The Balaban J connectivity index is 2.35. The fraction of sp³-hybridized carbons (Fsp3) is 0.143. The van der Waals surface area contributed by atoms with E-state index in [1.54, 1.807) is 6.07 Å². The van der Waals surface area contributed by atoms with Crippen LogP contribution in [0.15, 0.2) is 42.5 Å². The zero-order valence-corrected chi connectivity index (χ0v) is 10.4. The van der Waals surface area contributed by atoms with Crippen molar-refractivity contribution < 1.29 is 4.74 Å². The van der Waals surface area contributed by atoms with E-state index >= 15 is 0 Å². The molecule has 0 unspecified atom stereocenters. The van der Waals surface area contributed by atoms with Crippen molar-refractivity contribution in [3.8, 4) is 11.5 Å². The average Bonchev–Trinajstić information content (AvgIpc) is 2.32. The van der Waals surface area contributed by atoms with E-state index in [1.807, 2.05) is 43.3 Å². The number of ether oxygens (including phenoxy) is 1. The van der Waals surface area contributed by atoms with Gasteiger partial charge in [0.25, 0.3) is 0 Å². The molecule has 2 aromatic carbocycles. The van der Waals surface area contributed by atoms with Gasteiger partial charge in [-0.3, -0.25) is 0 Å². The maximum Gasteiger partial charge on any atom is 0.133 e. The molecule has 0 saturated heterocycles. The summed E-state index contributed by atoms with van der Waals surface area (Å²) in [5.74, 6) is 1.54. The highest BCUT2D eigenvalue weighted by Crippen LogP contribution is 2.29. The number of aryl methyl sites for hydroxylation is 1. The van der Waals surface area contributed by atoms with Crippen LogP contribution < -0.4 is 10.5 Å². The minimum absolute atomic E-state index is 0.429. The zero-order chi connectivity index (χ0) is 12.3. The third-order valence-corrected chi connectivity index (χ3v) is 2.80. The Bertz CT molecular complexity index is 525. The van der Waals surface area contributed by atoms with E-state index < -0.39 is 0 Å². The van der Waals surface area contributed by atoms with Crippen LogP contribution in [-0.4, -0.2) is 0 Å². The SMILES string of the molecule is Cc1ccccc1Oc1cc(Cl)ccc1CN. The van der Waals surface area contributed by atoms with Crippen molar-refractivity contribution in [2.24, 2.45) is 5.73 Å². The highest BCUT2D eigenvalue weighted by atomic mass is 35.5. The predicted octanol–water partition coefficient (Wildman–Crippen LogP) is 3.90. The lowest BCUT2D eigenvalue weighted by molar-refractivity contribution is 0.473. The van der Waals surface area contributed by atoms with Crippen molar-refractivity contribution in [2.75, 3.05) is 0 Å². The number of nitrogens with two attached hydrogens (primary N) is 1. The summed E-state index contributed by atoms with van der Waals surface area (Å²) >= 11 is 5.96. The van der Waals surface area contributed by atoms with E-state index in [2.05, 4.69) is 0 Å². The second kappa shape index (κ2) is 5.21. The van der Waals surface area contributed by atoms with Crippen molar-refractivity contribution in [3.05, 3.63) is 58.6 Å². The van der Waals surface area contributed by atoms with Gasteiger partial charge < -0.3 is 10.5 Å². The number of para-hydroxylation sites is 1. The summed E-state index contributed by atoms with van der Waals surface area (Å²) in [6.45, 7) is 2.43. The van der Waals surface area contributed by atoms with Gasteiger partial charge in [-0.25, -0.2) is 0 Å². The van der Waals surface area contributed by atoms with Gasteiger partial charge in [0, 0.05) is 17.1 Å². The molecule has 0 amide bonds. The van der Waals surface area contributed by atoms with Gasteiger partial charge in [-0.05, 0) is 30.7 Å². The van der Waals surface area contributed by atoms with Crippen molar-refractivity contribution >= 4 is 11.6 Å². The van der Waals surface area contributed by atoms with E-state index in [0.717, 1.165) is 16.9 Å². The van der Waals surface area contributed by atoms with E-state index in [9.17, 15) is 0 Å². The molecule has 0 saturated carbocycles. The molecule has 2 aromatic rings. The molecule has 0 aliphatic rings. The highest BCUT2D eigenvalue weighted by molar-refractivity contribution is 6.30. The van der Waals surface area contributed by atoms with Gasteiger partial charge in [0.2, 0.25) is 0 Å². The van der Waals surface area contributed by atoms with Crippen LogP contribution in [0.4, 0.5) is 0 Å². The second-order valence-corrected chi connectivity index (χ2v) is 4.26. The molecular formula is C14H14ClNO. The Morgan fingerprint density at radius 1 is 1.12 bits per heavy atom. The van der Waals surface area contributed by atoms with Gasteiger partial charge >= 0.3 is 0 Å². The molecule has 0 aliphatic heterocycles. The first-order valence-corrected chi connectivity index (χ1v) is 5.80. The normalized spacial score (nSPS) is 10.3. The highest BCUT2D eigenvalue weighted by Gasteiger charge is 2.06. The molecule has 2 nitrogen and oxygen atoms in total. The number of hydrogen-bond donors (Lipinski definition) is 1. The van der Waals surface area contributed by atoms with E-state index in [-0.39, 0.29) is 0 Å². The molecule has 0 radical (unpaired) electrons. The van der Waals surface area contributed by atoms with Crippen LogP contribution in [0.25, 0.3) is 0 Å². The average molecular weight is 248 g/mol. The largest absolute Gasteiger partial charge is 0.457 e. The molecular weight excluding hydrogens is 234 g/mol. The number of hydrogen-bond acceptors (Lipinski definition) is 2. The predicted molar refractivity (Wildman–Crippen MR) is 70.6 cm³/mol. The first-order valence-electron chi connectivity index (χ1n) is 5.42. The minimum Gasteiger partial charge on any atom is -0.457 e. The van der Waals surface area contributed by atoms with Gasteiger partial charge in [-0.1, -0.05) is 35.9 Å². The lowest BCUT2D eigenvalue weighted by Crippen LogP contribution is -1.99. The second-order valence-electron chi connectivity index (χ2n) is 3.82. The third kappa shape index (κ3) is 2.78. The Hall–Kier alpha value is -1.51. The standard InChI is InChI=1S/C14H14ClNO/c1-10-4-2-3-5-13(10)17-14-8-12(15)7-6-11(14)9-16/h2-8H,9,16H2,1H3. The molecule has 2 N–H and O–H groups in total. The van der Waals surface area contributed by atoms with Gasteiger partial charge in [0.15, 0.2) is 0 Å². The monoisotopic (exact) mass is 247 g/mol. The smallest absolute Gasteiger partial charge is 0.133 e. The molecule has 0 atom stereocenters. The van der Waals surface area contributed by atoms with E-state index in [0.29, 0.717) is 17.3 Å². The number of halogens is 1. The summed E-state index contributed by atoms with van der Waals surface area (Å²) < 4.78 is 5.85. The van der Waals surface area contributed by atoms with E-state index in [4.69, 9.17) is 22.1 Å². The molecule has 3 heteroatoms. The number of benzene rings is 2. The lowest BCUT2D eigenvalue weighted by Gasteiger charge is -2.12. The summed E-state index contributed by atoms with van der Waals surface area (Å²) in [6.07, 6.45) is 0.